The van der Waals surface area contributed by atoms with E-state index in [-0.39, 0.29) is 0 Å². The van der Waals surface area contributed by atoms with E-state index in [2.05, 4.69) is 24.6 Å². The van der Waals surface area contributed by atoms with E-state index in [1.165, 1.54) is 0 Å². The smallest absolute Gasteiger partial charge is 0.101 e. The fraction of sp³-hybridized carbons (Fsp3) is 0.417. The molecule has 1 N–H and O–H groups in total. The molecule has 0 aromatic heterocycles. The van der Waals surface area contributed by atoms with Crippen LogP contribution in [0.3, 0.4) is 0 Å². The Bertz CT molecular complexity index is 387. The maximum atomic E-state index is 8.99. The lowest BCUT2D eigenvalue weighted by Crippen LogP contribution is -2.21. The Morgan fingerprint density at radius 1 is 1.56 bits per heavy atom. The zero-order valence-corrected chi connectivity index (χ0v) is 11.0. The molecule has 1 rings (SSSR count). The van der Waals surface area contributed by atoms with Crippen molar-refractivity contribution in [3.8, 4) is 6.07 Å². The van der Waals surface area contributed by atoms with Crippen LogP contribution in [0.25, 0.3) is 0 Å². The SMILES string of the molecule is CCC(CSC)Nc1cc(Cl)ccc1C#N. The van der Waals surface area contributed by atoms with Crippen LogP contribution in [0.1, 0.15) is 18.9 Å². The fourth-order valence-corrected chi connectivity index (χ4v) is 2.31. The van der Waals surface area contributed by atoms with Crippen LogP contribution in [0.2, 0.25) is 5.02 Å². The average Bonchev–Trinajstić information content (AvgIpc) is 2.29. The first-order valence-electron chi connectivity index (χ1n) is 5.16. The third kappa shape index (κ3) is 3.62. The zero-order valence-electron chi connectivity index (χ0n) is 9.46. The quantitative estimate of drug-likeness (QED) is 0.869. The molecule has 0 amide bonds. The molecule has 0 aliphatic heterocycles. The predicted octanol–water partition coefficient (Wildman–Crippen LogP) is 3.77. The Kier molecular flexibility index (Phi) is 5.51. The van der Waals surface area contributed by atoms with Gasteiger partial charge in [-0.1, -0.05) is 18.5 Å². The number of hydrogen-bond donors (Lipinski definition) is 1. The number of nitriles is 1. The van der Waals surface area contributed by atoms with Crippen molar-refractivity contribution in [2.45, 2.75) is 19.4 Å². The number of halogens is 1. The largest absolute Gasteiger partial charge is 0.380 e. The molecule has 0 fully saturated rings. The number of benzene rings is 1. The summed E-state index contributed by atoms with van der Waals surface area (Å²) < 4.78 is 0. The molecule has 0 heterocycles. The fourth-order valence-electron chi connectivity index (χ4n) is 1.42. The van der Waals surface area contributed by atoms with Gasteiger partial charge in [0.2, 0.25) is 0 Å². The highest BCUT2D eigenvalue weighted by molar-refractivity contribution is 7.98. The van der Waals surface area contributed by atoms with E-state index in [0.717, 1.165) is 17.9 Å². The summed E-state index contributed by atoms with van der Waals surface area (Å²) in [4.78, 5) is 0. The van der Waals surface area contributed by atoms with Gasteiger partial charge in [0.05, 0.1) is 11.3 Å². The summed E-state index contributed by atoms with van der Waals surface area (Å²) in [6.45, 7) is 2.13. The zero-order chi connectivity index (χ0) is 12.0. The van der Waals surface area contributed by atoms with Crippen LogP contribution in [0.15, 0.2) is 18.2 Å². The van der Waals surface area contributed by atoms with Gasteiger partial charge in [-0.05, 0) is 30.9 Å². The van der Waals surface area contributed by atoms with Gasteiger partial charge in [0.15, 0.2) is 0 Å². The molecule has 1 aromatic carbocycles. The molecule has 0 bridgehead atoms. The number of nitrogens with one attached hydrogen (secondary N) is 1. The van der Waals surface area contributed by atoms with E-state index in [1.807, 2.05) is 6.07 Å². The van der Waals surface area contributed by atoms with Gasteiger partial charge in [-0.2, -0.15) is 17.0 Å². The van der Waals surface area contributed by atoms with Crippen LogP contribution >= 0.6 is 23.4 Å². The summed E-state index contributed by atoms with van der Waals surface area (Å²) in [7, 11) is 0. The van der Waals surface area contributed by atoms with E-state index in [9.17, 15) is 0 Å². The van der Waals surface area contributed by atoms with Crippen molar-refractivity contribution in [3.63, 3.8) is 0 Å². The predicted molar refractivity (Wildman–Crippen MR) is 72.3 cm³/mol. The second-order valence-electron chi connectivity index (χ2n) is 3.51. The third-order valence-electron chi connectivity index (χ3n) is 2.32. The van der Waals surface area contributed by atoms with E-state index in [1.54, 1.807) is 23.9 Å². The van der Waals surface area contributed by atoms with Crippen LogP contribution in [0.4, 0.5) is 5.69 Å². The lowest BCUT2D eigenvalue weighted by atomic mass is 10.1. The van der Waals surface area contributed by atoms with Crippen molar-refractivity contribution in [1.29, 1.82) is 5.26 Å². The Balaban J connectivity index is 2.86. The molecule has 1 aromatic rings. The molecule has 0 saturated carbocycles. The van der Waals surface area contributed by atoms with Gasteiger partial charge < -0.3 is 5.32 Å². The molecule has 0 spiro atoms. The van der Waals surface area contributed by atoms with Crippen LogP contribution in [-0.2, 0) is 0 Å². The molecule has 0 aliphatic carbocycles. The molecular weight excluding hydrogens is 240 g/mol. The van der Waals surface area contributed by atoms with Gasteiger partial charge in [0.25, 0.3) is 0 Å². The summed E-state index contributed by atoms with van der Waals surface area (Å²) in [6, 6.07) is 7.83. The summed E-state index contributed by atoms with van der Waals surface area (Å²) in [5.74, 6) is 1.02. The summed E-state index contributed by atoms with van der Waals surface area (Å²) in [5.41, 5.74) is 1.47. The Morgan fingerprint density at radius 3 is 2.88 bits per heavy atom. The monoisotopic (exact) mass is 254 g/mol. The van der Waals surface area contributed by atoms with Crippen molar-refractivity contribution in [3.05, 3.63) is 28.8 Å². The number of nitrogens with zero attached hydrogens (tertiary/aromatic N) is 1. The van der Waals surface area contributed by atoms with Crippen LogP contribution in [-0.4, -0.2) is 18.1 Å². The number of hydrogen-bond acceptors (Lipinski definition) is 3. The first kappa shape index (κ1) is 13.2. The highest BCUT2D eigenvalue weighted by atomic mass is 35.5. The average molecular weight is 255 g/mol. The van der Waals surface area contributed by atoms with Gasteiger partial charge in [0.1, 0.15) is 6.07 Å². The summed E-state index contributed by atoms with van der Waals surface area (Å²) in [5, 5.41) is 13.0. The van der Waals surface area contributed by atoms with Crippen molar-refractivity contribution in [2.75, 3.05) is 17.3 Å². The molecule has 0 saturated heterocycles. The van der Waals surface area contributed by atoms with Crippen molar-refractivity contribution in [1.82, 2.24) is 0 Å². The highest BCUT2D eigenvalue weighted by Crippen LogP contribution is 2.22. The van der Waals surface area contributed by atoms with Crippen molar-refractivity contribution in [2.24, 2.45) is 0 Å². The van der Waals surface area contributed by atoms with Crippen LogP contribution in [0, 0.1) is 11.3 Å². The minimum atomic E-state index is 0.376. The lowest BCUT2D eigenvalue weighted by Gasteiger charge is -2.18. The minimum absolute atomic E-state index is 0.376. The molecule has 86 valence electrons. The Morgan fingerprint density at radius 2 is 2.31 bits per heavy atom. The maximum Gasteiger partial charge on any atom is 0.101 e. The molecule has 4 heteroatoms. The second-order valence-corrected chi connectivity index (χ2v) is 4.85. The standard InChI is InChI=1S/C12H15ClN2S/c1-3-11(8-16-2)15-12-6-10(13)5-4-9(12)7-14/h4-6,11,15H,3,8H2,1-2H3. The van der Waals surface area contributed by atoms with Crippen molar-refractivity contribution >= 4 is 29.1 Å². The van der Waals surface area contributed by atoms with Crippen LogP contribution in [0.5, 0.6) is 0 Å². The molecule has 2 nitrogen and oxygen atoms in total. The first-order chi connectivity index (χ1) is 7.71. The molecular formula is C12H15ClN2S. The van der Waals surface area contributed by atoms with E-state index >= 15 is 0 Å². The molecule has 16 heavy (non-hydrogen) atoms. The number of rotatable bonds is 5. The van der Waals surface area contributed by atoms with Gasteiger partial charge in [-0.15, -0.1) is 0 Å². The maximum absolute atomic E-state index is 8.99. The van der Waals surface area contributed by atoms with E-state index in [0.29, 0.717) is 16.6 Å². The topological polar surface area (TPSA) is 35.8 Å². The minimum Gasteiger partial charge on any atom is -0.380 e. The normalized spacial score (nSPS) is 11.9. The van der Waals surface area contributed by atoms with Gasteiger partial charge >= 0.3 is 0 Å². The Labute approximate surface area is 106 Å². The molecule has 0 aliphatic rings. The highest BCUT2D eigenvalue weighted by Gasteiger charge is 2.08. The Hall–Kier alpha value is -0.850. The molecule has 1 atom stereocenters. The summed E-state index contributed by atoms with van der Waals surface area (Å²) >= 11 is 7.72. The third-order valence-corrected chi connectivity index (χ3v) is 3.29. The van der Waals surface area contributed by atoms with Crippen molar-refractivity contribution < 1.29 is 0 Å². The number of anilines is 1. The number of thioether (sulfide) groups is 1. The van der Waals surface area contributed by atoms with E-state index in [4.69, 9.17) is 16.9 Å². The lowest BCUT2D eigenvalue weighted by molar-refractivity contribution is 0.774. The van der Waals surface area contributed by atoms with Gasteiger partial charge in [-0.25, -0.2) is 0 Å². The molecule has 0 radical (unpaired) electrons. The summed E-state index contributed by atoms with van der Waals surface area (Å²) in [6.07, 6.45) is 3.10. The molecule has 1 unspecified atom stereocenters. The van der Waals surface area contributed by atoms with E-state index < -0.39 is 0 Å². The van der Waals surface area contributed by atoms with Gasteiger partial charge in [-0.3, -0.25) is 0 Å². The van der Waals surface area contributed by atoms with Gasteiger partial charge in [0, 0.05) is 16.8 Å². The second kappa shape index (κ2) is 6.67. The van der Waals surface area contributed by atoms with Crippen LogP contribution < -0.4 is 5.32 Å². The first-order valence-corrected chi connectivity index (χ1v) is 6.93.